The molecule has 0 fully saturated rings. The second-order valence-electron chi connectivity index (χ2n) is 5.99. The van der Waals surface area contributed by atoms with Gasteiger partial charge in [0.15, 0.2) is 5.78 Å². The number of anilines is 1. The Hall–Kier alpha value is -1.91. The number of carbonyl (C=O) groups excluding carboxylic acids is 1. The van der Waals surface area contributed by atoms with Crippen LogP contribution in [0.25, 0.3) is 6.08 Å². The molecule has 0 heterocycles. The molecule has 2 aromatic rings. The predicted octanol–water partition coefficient (Wildman–Crippen LogP) is 4.34. The smallest absolute Gasteiger partial charge is 0.186 e. The van der Waals surface area contributed by atoms with Crippen molar-refractivity contribution in [2.24, 2.45) is 0 Å². The number of halogens is 1. The van der Waals surface area contributed by atoms with E-state index in [1.165, 1.54) is 5.69 Å². The average Bonchev–Trinajstić information content (AvgIpc) is 2.58. The Balaban J connectivity index is 2.01. The molecule has 0 unspecified atom stereocenters. The average molecular weight is 387 g/mol. The fraction of sp³-hybridized carbons (Fsp3) is 0.250. The highest BCUT2D eigenvalue weighted by Crippen LogP contribution is 2.18. The lowest BCUT2D eigenvalue weighted by Gasteiger charge is -2.21. The van der Waals surface area contributed by atoms with Crippen molar-refractivity contribution in [3.8, 4) is 0 Å². The zero-order valence-electron chi connectivity index (χ0n) is 14.4. The van der Waals surface area contributed by atoms with Crippen LogP contribution in [0.2, 0.25) is 0 Å². The fourth-order valence-electron chi connectivity index (χ4n) is 2.24. The first-order valence-electron chi connectivity index (χ1n) is 7.90. The van der Waals surface area contributed by atoms with Gasteiger partial charge in [0.2, 0.25) is 0 Å². The Morgan fingerprint density at radius 3 is 2.29 bits per heavy atom. The number of rotatable bonds is 7. The molecule has 2 rings (SSSR count). The number of hydrogen-bond donors (Lipinski definition) is 0. The summed E-state index contributed by atoms with van der Waals surface area (Å²) in [4.78, 5) is 16.6. The maximum atomic E-state index is 12.2. The molecule has 0 spiro atoms. The van der Waals surface area contributed by atoms with Crippen molar-refractivity contribution in [2.45, 2.75) is 0 Å². The molecule has 0 amide bonds. The standard InChI is InChI=1S/C20H23BrN2O/c1-22(2)14-15-23(3)17-11-8-16(9-12-17)10-13-20(24)18-6-4-5-7-19(18)21/h4-13H,14-15H2,1-3H3. The number of carbonyl (C=O) groups is 1. The molecule has 0 aromatic heterocycles. The SMILES string of the molecule is CN(C)CCN(C)c1ccc(C=CC(=O)c2ccccc2Br)cc1. The largest absolute Gasteiger partial charge is 0.373 e. The Bertz CT molecular complexity index is 708. The van der Waals surface area contributed by atoms with Crippen LogP contribution in [0.1, 0.15) is 15.9 Å². The Labute approximate surface area is 152 Å². The number of likely N-dealkylation sites (N-methyl/N-ethyl adjacent to an activating group) is 2. The second kappa shape index (κ2) is 8.81. The van der Waals surface area contributed by atoms with Gasteiger partial charge < -0.3 is 9.80 Å². The van der Waals surface area contributed by atoms with Gasteiger partial charge in [-0.2, -0.15) is 0 Å². The number of benzene rings is 2. The molecule has 0 radical (unpaired) electrons. The monoisotopic (exact) mass is 386 g/mol. The third-order valence-electron chi connectivity index (χ3n) is 3.78. The first-order valence-corrected chi connectivity index (χ1v) is 8.69. The summed E-state index contributed by atoms with van der Waals surface area (Å²) in [6, 6.07) is 15.7. The van der Waals surface area contributed by atoms with E-state index in [0.29, 0.717) is 5.56 Å². The van der Waals surface area contributed by atoms with E-state index in [9.17, 15) is 4.79 Å². The summed E-state index contributed by atoms with van der Waals surface area (Å²) in [5.74, 6) is -0.00495. The first kappa shape index (κ1) is 18.4. The zero-order chi connectivity index (χ0) is 17.5. The van der Waals surface area contributed by atoms with Crippen LogP contribution in [-0.2, 0) is 0 Å². The van der Waals surface area contributed by atoms with Gasteiger partial charge in [0.05, 0.1) is 0 Å². The molecular weight excluding hydrogens is 364 g/mol. The summed E-state index contributed by atoms with van der Waals surface area (Å²) >= 11 is 3.41. The van der Waals surface area contributed by atoms with E-state index in [1.54, 1.807) is 6.08 Å². The van der Waals surface area contributed by atoms with Crippen LogP contribution in [-0.4, -0.2) is 44.9 Å². The van der Waals surface area contributed by atoms with Crippen molar-refractivity contribution in [2.75, 3.05) is 39.1 Å². The molecule has 4 heteroatoms. The van der Waals surface area contributed by atoms with E-state index in [0.717, 1.165) is 23.1 Å². The van der Waals surface area contributed by atoms with Crippen LogP contribution in [0.4, 0.5) is 5.69 Å². The van der Waals surface area contributed by atoms with Crippen LogP contribution >= 0.6 is 15.9 Å². The number of ketones is 1. The predicted molar refractivity (Wildman–Crippen MR) is 106 cm³/mol. The van der Waals surface area contributed by atoms with E-state index in [-0.39, 0.29) is 5.78 Å². The fourth-order valence-corrected chi connectivity index (χ4v) is 2.72. The van der Waals surface area contributed by atoms with E-state index in [1.807, 2.05) is 42.5 Å². The minimum Gasteiger partial charge on any atom is -0.373 e. The third kappa shape index (κ3) is 5.32. The first-order chi connectivity index (χ1) is 11.5. The maximum absolute atomic E-state index is 12.2. The molecule has 126 valence electrons. The molecule has 24 heavy (non-hydrogen) atoms. The highest BCUT2D eigenvalue weighted by molar-refractivity contribution is 9.10. The summed E-state index contributed by atoms with van der Waals surface area (Å²) in [6.07, 6.45) is 3.47. The van der Waals surface area contributed by atoms with Gasteiger partial charge in [0.1, 0.15) is 0 Å². The molecule has 0 atom stereocenters. The van der Waals surface area contributed by atoms with Gasteiger partial charge in [-0.3, -0.25) is 4.79 Å². The Morgan fingerprint density at radius 1 is 1.00 bits per heavy atom. The van der Waals surface area contributed by atoms with Crippen LogP contribution in [0, 0.1) is 0 Å². The summed E-state index contributed by atoms with van der Waals surface area (Å²) in [5, 5.41) is 0. The van der Waals surface area contributed by atoms with Gasteiger partial charge >= 0.3 is 0 Å². The third-order valence-corrected chi connectivity index (χ3v) is 4.47. The molecule has 0 aliphatic heterocycles. The Morgan fingerprint density at radius 2 is 1.67 bits per heavy atom. The normalized spacial score (nSPS) is 11.2. The van der Waals surface area contributed by atoms with Crippen molar-refractivity contribution >= 4 is 33.5 Å². The molecule has 0 saturated heterocycles. The maximum Gasteiger partial charge on any atom is 0.186 e. The van der Waals surface area contributed by atoms with Gasteiger partial charge in [-0.15, -0.1) is 0 Å². The van der Waals surface area contributed by atoms with Crippen LogP contribution in [0.15, 0.2) is 59.1 Å². The lowest BCUT2D eigenvalue weighted by molar-refractivity contribution is 0.104. The number of hydrogen-bond acceptors (Lipinski definition) is 3. The minimum absolute atomic E-state index is 0.00495. The van der Waals surface area contributed by atoms with Crippen molar-refractivity contribution in [3.63, 3.8) is 0 Å². The van der Waals surface area contributed by atoms with Gasteiger partial charge in [-0.1, -0.05) is 46.3 Å². The molecule has 0 aliphatic rings. The van der Waals surface area contributed by atoms with Crippen LogP contribution in [0.5, 0.6) is 0 Å². The molecular formula is C20H23BrN2O. The highest BCUT2D eigenvalue weighted by Gasteiger charge is 2.05. The van der Waals surface area contributed by atoms with Crippen molar-refractivity contribution in [1.82, 2.24) is 4.90 Å². The Kier molecular flexibility index (Phi) is 6.76. The lowest BCUT2D eigenvalue weighted by Crippen LogP contribution is -2.28. The van der Waals surface area contributed by atoms with Gasteiger partial charge in [-0.25, -0.2) is 0 Å². The summed E-state index contributed by atoms with van der Waals surface area (Å²) in [6.45, 7) is 1.99. The molecule has 3 nitrogen and oxygen atoms in total. The summed E-state index contributed by atoms with van der Waals surface area (Å²) < 4.78 is 0.817. The van der Waals surface area contributed by atoms with Gasteiger partial charge in [0.25, 0.3) is 0 Å². The molecule has 0 aliphatic carbocycles. The zero-order valence-corrected chi connectivity index (χ0v) is 16.0. The van der Waals surface area contributed by atoms with E-state index < -0.39 is 0 Å². The molecule has 0 saturated carbocycles. The van der Waals surface area contributed by atoms with E-state index in [2.05, 4.69) is 59.0 Å². The van der Waals surface area contributed by atoms with Crippen molar-refractivity contribution < 1.29 is 4.79 Å². The van der Waals surface area contributed by atoms with Gasteiger partial charge in [0, 0.05) is 35.9 Å². The molecule has 0 bridgehead atoms. The number of nitrogens with zero attached hydrogens (tertiary/aromatic N) is 2. The summed E-state index contributed by atoms with van der Waals surface area (Å²) in [5.41, 5.74) is 2.86. The van der Waals surface area contributed by atoms with Crippen molar-refractivity contribution in [3.05, 3.63) is 70.2 Å². The van der Waals surface area contributed by atoms with Crippen LogP contribution in [0.3, 0.4) is 0 Å². The quantitative estimate of drug-likeness (QED) is 0.522. The van der Waals surface area contributed by atoms with E-state index >= 15 is 0 Å². The van der Waals surface area contributed by atoms with Crippen molar-refractivity contribution in [1.29, 1.82) is 0 Å². The lowest BCUT2D eigenvalue weighted by atomic mass is 10.1. The highest BCUT2D eigenvalue weighted by atomic mass is 79.9. The second-order valence-corrected chi connectivity index (χ2v) is 6.85. The molecule has 0 N–H and O–H groups in total. The van der Waals surface area contributed by atoms with Gasteiger partial charge in [-0.05, 0) is 50.0 Å². The summed E-state index contributed by atoms with van der Waals surface area (Å²) in [7, 11) is 6.23. The minimum atomic E-state index is -0.00495. The number of allylic oxidation sites excluding steroid dienone is 1. The van der Waals surface area contributed by atoms with E-state index in [4.69, 9.17) is 0 Å². The van der Waals surface area contributed by atoms with Crippen LogP contribution < -0.4 is 4.90 Å². The topological polar surface area (TPSA) is 23.6 Å². The molecule has 2 aromatic carbocycles.